The molecule has 0 heterocycles. The minimum absolute atomic E-state index is 0.170. The number of carbonyl (C=O) groups excluding carboxylic acids is 1. The quantitative estimate of drug-likeness (QED) is 0.693. The van der Waals surface area contributed by atoms with Crippen LogP contribution in [0, 0.1) is 12.8 Å². The number of hydrogen-bond acceptors (Lipinski definition) is 3. The Morgan fingerprint density at radius 1 is 1.21 bits per heavy atom. The lowest BCUT2D eigenvalue weighted by Gasteiger charge is -2.19. The third kappa shape index (κ3) is 5.31. The van der Waals surface area contributed by atoms with Crippen molar-refractivity contribution in [1.29, 1.82) is 0 Å². The number of nitrogens with zero attached hydrogens (tertiary/aromatic N) is 1. The van der Waals surface area contributed by atoms with Gasteiger partial charge < -0.3 is 5.32 Å². The highest BCUT2D eigenvalue weighted by molar-refractivity contribution is 7.89. The maximum absolute atomic E-state index is 12.6. The van der Waals surface area contributed by atoms with Crippen LogP contribution in [0.5, 0.6) is 0 Å². The lowest BCUT2D eigenvalue weighted by Crippen LogP contribution is -2.31. The number of aryl methyl sites for hydroxylation is 1. The van der Waals surface area contributed by atoms with Crippen molar-refractivity contribution in [2.45, 2.75) is 52.4 Å². The van der Waals surface area contributed by atoms with Crippen molar-refractivity contribution in [3.8, 4) is 0 Å². The molecule has 1 aromatic carbocycles. The molecule has 5 nitrogen and oxygen atoms in total. The SMILES string of the molecule is CCN(CC)S(=O)(=O)c1ccc(C)c(C(=O)NCCCC(C)C)c1. The Morgan fingerprint density at radius 2 is 1.83 bits per heavy atom. The summed E-state index contributed by atoms with van der Waals surface area (Å²) in [7, 11) is -3.56. The van der Waals surface area contributed by atoms with Gasteiger partial charge >= 0.3 is 0 Å². The van der Waals surface area contributed by atoms with E-state index >= 15 is 0 Å². The van der Waals surface area contributed by atoms with Crippen LogP contribution in [0.15, 0.2) is 23.1 Å². The second-order valence-electron chi connectivity index (χ2n) is 6.36. The summed E-state index contributed by atoms with van der Waals surface area (Å²) in [4.78, 5) is 12.5. The molecule has 0 fully saturated rings. The second-order valence-corrected chi connectivity index (χ2v) is 8.30. The van der Waals surface area contributed by atoms with E-state index in [1.165, 1.54) is 10.4 Å². The Morgan fingerprint density at radius 3 is 2.38 bits per heavy atom. The second kappa shape index (κ2) is 9.18. The fraction of sp³-hybridized carbons (Fsp3) is 0.611. The summed E-state index contributed by atoms with van der Waals surface area (Å²) >= 11 is 0. The lowest BCUT2D eigenvalue weighted by molar-refractivity contribution is 0.0951. The molecule has 0 aliphatic heterocycles. The fourth-order valence-electron chi connectivity index (χ4n) is 2.53. The number of sulfonamides is 1. The number of benzene rings is 1. The highest BCUT2D eigenvalue weighted by Gasteiger charge is 2.23. The molecule has 0 saturated carbocycles. The molecule has 24 heavy (non-hydrogen) atoms. The van der Waals surface area contributed by atoms with Crippen LogP contribution in [0.3, 0.4) is 0 Å². The van der Waals surface area contributed by atoms with Crippen LogP contribution in [-0.4, -0.2) is 38.3 Å². The van der Waals surface area contributed by atoms with Crippen molar-refractivity contribution in [1.82, 2.24) is 9.62 Å². The van der Waals surface area contributed by atoms with Crippen LogP contribution < -0.4 is 5.32 Å². The highest BCUT2D eigenvalue weighted by atomic mass is 32.2. The molecule has 0 radical (unpaired) electrons. The third-order valence-electron chi connectivity index (χ3n) is 4.04. The summed E-state index contributed by atoms with van der Waals surface area (Å²) in [5, 5.41) is 2.88. The monoisotopic (exact) mass is 354 g/mol. The van der Waals surface area contributed by atoms with E-state index < -0.39 is 10.0 Å². The predicted octanol–water partition coefficient (Wildman–Crippen LogP) is 3.19. The van der Waals surface area contributed by atoms with Crippen LogP contribution >= 0.6 is 0 Å². The van der Waals surface area contributed by atoms with E-state index in [2.05, 4.69) is 19.2 Å². The van der Waals surface area contributed by atoms with Gasteiger partial charge in [0.05, 0.1) is 4.90 Å². The average Bonchev–Trinajstić information content (AvgIpc) is 2.52. The van der Waals surface area contributed by atoms with Crippen molar-refractivity contribution in [3.63, 3.8) is 0 Å². The summed E-state index contributed by atoms with van der Waals surface area (Å²) in [6, 6.07) is 4.75. The van der Waals surface area contributed by atoms with E-state index in [1.54, 1.807) is 26.0 Å². The number of hydrogen-bond donors (Lipinski definition) is 1. The van der Waals surface area contributed by atoms with E-state index in [0.717, 1.165) is 18.4 Å². The van der Waals surface area contributed by atoms with Crippen molar-refractivity contribution in [2.24, 2.45) is 5.92 Å². The first kappa shape index (κ1) is 20.6. The third-order valence-corrected chi connectivity index (χ3v) is 6.09. The Bertz CT molecular complexity index is 650. The zero-order chi connectivity index (χ0) is 18.3. The average molecular weight is 355 g/mol. The Labute approximate surface area is 146 Å². The summed E-state index contributed by atoms with van der Waals surface area (Å²) in [5.41, 5.74) is 1.20. The molecule has 0 aromatic heterocycles. The van der Waals surface area contributed by atoms with Crippen molar-refractivity contribution in [2.75, 3.05) is 19.6 Å². The van der Waals surface area contributed by atoms with Gasteiger partial charge in [0.2, 0.25) is 10.0 Å². The van der Waals surface area contributed by atoms with Gasteiger partial charge in [-0.15, -0.1) is 0 Å². The minimum atomic E-state index is -3.56. The molecule has 0 atom stereocenters. The molecule has 6 heteroatoms. The zero-order valence-electron chi connectivity index (χ0n) is 15.4. The van der Waals surface area contributed by atoms with E-state index in [9.17, 15) is 13.2 Å². The van der Waals surface area contributed by atoms with Gasteiger partial charge in [-0.2, -0.15) is 4.31 Å². The largest absolute Gasteiger partial charge is 0.352 e. The minimum Gasteiger partial charge on any atom is -0.352 e. The van der Waals surface area contributed by atoms with Gasteiger partial charge in [-0.3, -0.25) is 4.79 Å². The lowest BCUT2D eigenvalue weighted by atomic mass is 10.1. The summed E-state index contributed by atoms with van der Waals surface area (Å²) < 4.78 is 26.6. The van der Waals surface area contributed by atoms with Gasteiger partial charge in [-0.1, -0.05) is 33.8 Å². The van der Waals surface area contributed by atoms with Crippen molar-refractivity contribution < 1.29 is 13.2 Å². The van der Waals surface area contributed by atoms with Gasteiger partial charge in [-0.05, 0) is 43.4 Å². The Hall–Kier alpha value is -1.40. The molecule has 0 bridgehead atoms. The van der Waals surface area contributed by atoms with Gasteiger partial charge in [0.15, 0.2) is 0 Å². The number of carbonyl (C=O) groups is 1. The first-order valence-corrected chi connectivity index (χ1v) is 10.1. The topological polar surface area (TPSA) is 66.5 Å². The summed E-state index contributed by atoms with van der Waals surface area (Å²) in [6.45, 7) is 11.1. The van der Waals surface area contributed by atoms with E-state index in [4.69, 9.17) is 0 Å². The van der Waals surface area contributed by atoms with E-state index in [-0.39, 0.29) is 10.8 Å². The first-order chi connectivity index (χ1) is 11.2. The standard InChI is InChI=1S/C18H30N2O3S/c1-6-20(7-2)24(22,23)16-11-10-15(5)17(13-16)18(21)19-12-8-9-14(3)4/h10-11,13-14H,6-9,12H2,1-5H3,(H,19,21). The maximum Gasteiger partial charge on any atom is 0.251 e. The fourth-order valence-corrected chi connectivity index (χ4v) is 4.01. The van der Waals surface area contributed by atoms with E-state index in [1.807, 2.05) is 6.92 Å². The zero-order valence-corrected chi connectivity index (χ0v) is 16.2. The smallest absolute Gasteiger partial charge is 0.251 e. The first-order valence-electron chi connectivity index (χ1n) is 8.63. The molecule has 1 amide bonds. The van der Waals surface area contributed by atoms with Gasteiger partial charge in [0.1, 0.15) is 0 Å². The van der Waals surface area contributed by atoms with Crippen molar-refractivity contribution >= 4 is 15.9 Å². The Kier molecular flexibility index (Phi) is 7.90. The maximum atomic E-state index is 12.6. The molecular formula is C18H30N2O3S. The van der Waals surface area contributed by atoms with Crippen molar-refractivity contribution in [3.05, 3.63) is 29.3 Å². The molecule has 0 saturated heterocycles. The van der Waals surface area contributed by atoms with E-state index in [0.29, 0.717) is 31.1 Å². The van der Waals surface area contributed by atoms with Crippen LogP contribution in [0.1, 0.15) is 56.5 Å². The van der Waals surface area contributed by atoms with Gasteiger partial charge in [0, 0.05) is 25.2 Å². The highest BCUT2D eigenvalue weighted by Crippen LogP contribution is 2.19. The number of amides is 1. The molecule has 1 aromatic rings. The normalized spacial score (nSPS) is 12.0. The van der Waals surface area contributed by atoms with Gasteiger partial charge in [0.25, 0.3) is 5.91 Å². The molecule has 0 aliphatic rings. The van der Waals surface area contributed by atoms with Crippen LogP contribution in [-0.2, 0) is 10.0 Å². The number of nitrogens with one attached hydrogen (secondary N) is 1. The molecule has 0 spiro atoms. The molecule has 0 aliphatic carbocycles. The summed E-state index contributed by atoms with van der Waals surface area (Å²) in [6.07, 6.45) is 1.97. The van der Waals surface area contributed by atoms with Crippen LogP contribution in [0.25, 0.3) is 0 Å². The van der Waals surface area contributed by atoms with Crippen LogP contribution in [0.4, 0.5) is 0 Å². The Balaban J connectivity index is 2.96. The molecular weight excluding hydrogens is 324 g/mol. The van der Waals surface area contributed by atoms with Crippen LogP contribution in [0.2, 0.25) is 0 Å². The number of rotatable bonds is 9. The molecule has 0 unspecified atom stereocenters. The molecule has 1 N–H and O–H groups in total. The molecule has 1 rings (SSSR count). The van der Waals surface area contributed by atoms with Gasteiger partial charge in [-0.25, -0.2) is 8.42 Å². The predicted molar refractivity (Wildman–Crippen MR) is 97.7 cm³/mol. The summed E-state index contributed by atoms with van der Waals surface area (Å²) in [5.74, 6) is 0.388. The molecule has 136 valence electrons.